The number of rotatable bonds is 5. The largest absolute Gasteiger partial charge is 0.455 e. The highest BCUT2D eigenvalue weighted by Gasteiger charge is 2.39. The molecule has 1 aromatic heterocycles. The summed E-state index contributed by atoms with van der Waals surface area (Å²) in [5.41, 5.74) is 17.5. The van der Waals surface area contributed by atoms with E-state index in [4.69, 9.17) is 16.2 Å². The number of para-hydroxylation sites is 3. The van der Waals surface area contributed by atoms with Crippen LogP contribution in [0.3, 0.4) is 0 Å². The van der Waals surface area contributed by atoms with E-state index in [2.05, 4.69) is 21.8 Å². The lowest BCUT2D eigenvalue weighted by Gasteiger charge is -2.42. The van der Waals surface area contributed by atoms with Crippen molar-refractivity contribution in [3.8, 4) is 11.5 Å². The zero-order valence-corrected chi connectivity index (χ0v) is 17.4. The second kappa shape index (κ2) is 8.09. The number of nitrogens with two attached hydrogens (primary N) is 2. The number of fused-ring (bicyclic) bond motifs is 1. The number of imidazole rings is 1. The summed E-state index contributed by atoms with van der Waals surface area (Å²) in [5, 5.41) is 3.52. The standard InChI is InChI=1S/C24H28N6O/c25-18-12-10-17(11-13-18)24(26)16-21(23-27-14-15-30(23)29-24)28-20-8-4-5-9-22(20)31-19-6-2-1-3-7-19/h1-9,14-18,28-29H,10-13,25-26H2. The molecule has 1 saturated carbocycles. The maximum absolute atomic E-state index is 6.91. The Morgan fingerprint density at radius 2 is 1.77 bits per heavy atom. The van der Waals surface area contributed by atoms with E-state index in [-0.39, 0.29) is 12.0 Å². The first-order chi connectivity index (χ1) is 15.1. The first kappa shape index (κ1) is 19.7. The van der Waals surface area contributed by atoms with Gasteiger partial charge in [-0.15, -0.1) is 0 Å². The molecule has 0 amide bonds. The van der Waals surface area contributed by atoms with Gasteiger partial charge in [0.2, 0.25) is 0 Å². The van der Waals surface area contributed by atoms with E-state index >= 15 is 0 Å². The average Bonchev–Trinajstić information content (AvgIpc) is 3.24. The molecule has 7 heteroatoms. The molecule has 6 N–H and O–H groups in total. The Balaban J connectivity index is 1.46. The lowest BCUT2D eigenvalue weighted by Crippen LogP contribution is -2.58. The second-order valence-corrected chi connectivity index (χ2v) is 8.37. The van der Waals surface area contributed by atoms with Crippen molar-refractivity contribution in [1.29, 1.82) is 0 Å². The van der Waals surface area contributed by atoms with Crippen molar-refractivity contribution in [1.82, 2.24) is 9.66 Å². The van der Waals surface area contributed by atoms with Crippen molar-refractivity contribution in [3.05, 3.63) is 78.9 Å². The number of hydrogen-bond acceptors (Lipinski definition) is 6. The van der Waals surface area contributed by atoms with Crippen LogP contribution in [0.15, 0.2) is 73.1 Å². The third-order valence-corrected chi connectivity index (χ3v) is 6.15. The van der Waals surface area contributed by atoms with Crippen LogP contribution in [-0.2, 0) is 0 Å². The maximum Gasteiger partial charge on any atom is 0.174 e. The maximum atomic E-state index is 6.91. The Bertz CT molecular complexity index is 1070. The summed E-state index contributed by atoms with van der Waals surface area (Å²) in [6, 6.07) is 17.9. The quantitative estimate of drug-likeness (QED) is 0.504. The van der Waals surface area contributed by atoms with Crippen LogP contribution in [0.2, 0.25) is 0 Å². The minimum atomic E-state index is -0.689. The van der Waals surface area contributed by atoms with Crippen molar-refractivity contribution in [2.24, 2.45) is 17.4 Å². The smallest absolute Gasteiger partial charge is 0.174 e. The molecule has 2 aromatic carbocycles. The van der Waals surface area contributed by atoms with Crippen LogP contribution < -0.4 is 26.9 Å². The molecule has 0 radical (unpaired) electrons. The van der Waals surface area contributed by atoms with Crippen molar-refractivity contribution >= 4 is 11.4 Å². The van der Waals surface area contributed by atoms with E-state index in [9.17, 15) is 0 Å². The van der Waals surface area contributed by atoms with Crippen molar-refractivity contribution < 1.29 is 4.74 Å². The summed E-state index contributed by atoms with van der Waals surface area (Å²) in [5.74, 6) is 2.58. The normalized spacial score (nSPS) is 25.2. The Labute approximate surface area is 182 Å². The third kappa shape index (κ3) is 4.02. The summed E-state index contributed by atoms with van der Waals surface area (Å²) in [6.45, 7) is 0. The Morgan fingerprint density at radius 1 is 1.03 bits per heavy atom. The van der Waals surface area contributed by atoms with E-state index in [1.165, 1.54) is 0 Å². The van der Waals surface area contributed by atoms with E-state index in [0.717, 1.165) is 54.4 Å². The highest BCUT2D eigenvalue weighted by Crippen LogP contribution is 2.37. The fraction of sp³-hybridized carbons (Fsp3) is 0.292. The molecule has 0 spiro atoms. The topological polar surface area (TPSA) is 103 Å². The molecule has 1 unspecified atom stereocenters. The van der Waals surface area contributed by atoms with Gasteiger partial charge in [-0.1, -0.05) is 30.3 Å². The highest BCUT2D eigenvalue weighted by molar-refractivity contribution is 5.79. The van der Waals surface area contributed by atoms with E-state index in [1.807, 2.05) is 65.5 Å². The van der Waals surface area contributed by atoms with E-state index < -0.39 is 5.66 Å². The van der Waals surface area contributed by atoms with Gasteiger partial charge in [0.15, 0.2) is 11.6 Å². The number of hydrogen-bond donors (Lipinski definition) is 4. The average molecular weight is 417 g/mol. The van der Waals surface area contributed by atoms with Crippen LogP contribution in [0.1, 0.15) is 31.5 Å². The predicted molar refractivity (Wildman–Crippen MR) is 123 cm³/mol. The molecule has 3 aromatic rings. The SMILES string of the molecule is NC1CCC(C2(N)C=C(Nc3ccccc3Oc3ccccc3)c3nccn3N2)CC1. The fourth-order valence-corrected chi connectivity index (χ4v) is 4.45. The zero-order chi connectivity index (χ0) is 21.3. The van der Waals surface area contributed by atoms with Gasteiger partial charge in [0.25, 0.3) is 0 Å². The van der Waals surface area contributed by atoms with E-state index in [0.29, 0.717) is 0 Å². The molecule has 2 heterocycles. The predicted octanol–water partition coefficient (Wildman–Crippen LogP) is 3.86. The number of anilines is 1. The fourth-order valence-electron chi connectivity index (χ4n) is 4.45. The van der Waals surface area contributed by atoms with Crippen molar-refractivity contribution in [2.45, 2.75) is 37.4 Å². The Hall–Kier alpha value is -3.29. The monoisotopic (exact) mass is 416 g/mol. The molecular weight excluding hydrogens is 388 g/mol. The first-order valence-electron chi connectivity index (χ1n) is 10.8. The van der Waals surface area contributed by atoms with E-state index in [1.54, 1.807) is 6.20 Å². The minimum Gasteiger partial charge on any atom is -0.455 e. The van der Waals surface area contributed by atoms with Gasteiger partial charge >= 0.3 is 0 Å². The second-order valence-electron chi connectivity index (χ2n) is 8.37. The molecular formula is C24H28N6O. The summed E-state index contributed by atoms with van der Waals surface area (Å²) in [6.07, 6.45) is 9.70. The van der Waals surface area contributed by atoms with Crippen LogP contribution in [0, 0.1) is 5.92 Å². The van der Waals surface area contributed by atoms with Gasteiger partial charge in [0.1, 0.15) is 11.4 Å². The summed E-state index contributed by atoms with van der Waals surface area (Å²) < 4.78 is 8.02. The van der Waals surface area contributed by atoms with Crippen LogP contribution in [-0.4, -0.2) is 21.4 Å². The molecule has 5 rings (SSSR count). The molecule has 0 saturated heterocycles. The number of ether oxygens (including phenoxy) is 1. The summed E-state index contributed by atoms with van der Waals surface area (Å²) >= 11 is 0. The van der Waals surface area contributed by atoms with Gasteiger partial charge in [-0.3, -0.25) is 0 Å². The summed E-state index contributed by atoms with van der Waals surface area (Å²) in [7, 11) is 0. The Kier molecular flexibility index (Phi) is 5.13. The van der Waals surface area contributed by atoms with Crippen LogP contribution >= 0.6 is 0 Å². The van der Waals surface area contributed by atoms with Crippen molar-refractivity contribution in [3.63, 3.8) is 0 Å². The lowest BCUT2D eigenvalue weighted by molar-refractivity contribution is 0.239. The van der Waals surface area contributed by atoms with Crippen LogP contribution in [0.4, 0.5) is 5.69 Å². The van der Waals surface area contributed by atoms with Crippen LogP contribution in [0.5, 0.6) is 11.5 Å². The van der Waals surface area contributed by atoms with Gasteiger partial charge in [-0.05, 0) is 56.0 Å². The van der Waals surface area contributed by atoms with Gasteiger partial charge in [-0.25, -0.2) is 9.66 Å². The molecule has 1 aliphatic carbocycles. The molecule has 1 atom stereocenters. The number of nitrogens with one attached hydrogen (secondary N) is 2. The highest BCUT2D eigenvalue weighted by atomic mass is 16.5. The van der Waals surface area contributed by atoms with Crippen molar-refractivity contribution in [2.75, 3.05) is 10.7 Å². The molecule has 1 fully saturated rings. The third-order valence-electron chi connectivity index (χ3n) is 6.15. The molecule has 31 heavy (non-hydrogen) atoms. The van der Waals surface area contributed by atoms with Gasteiger partial charge < -0.3 is 26.9 Å². The number of aromatic nitrogens is 2. The van der Waals surface area contributed by atoms with Gasteiger partial charge in [-0.2, -0.15) is 0 Å². The number of benzene rings is 2. The Morgan fingerprint density at radius 3 is 2.58 bits per heavy atom. The van der Waals surface area contributed by atoms with Gasteiger partial charge in [0, 0.05) is 24.4 Å². The summed E-state index contributed by atoms with van der Waals surface area (Å²) in [4.78, 5) is 4.52. The molecule has 0 bridgehead atoms. The minimum absolute atomic E-state index is 0.274. The molecule has 2 aliphatic rings. The first-order valence-corrected chi connectivity index (χ1v) is 10.8. The lowest BCUT2D eigenvalue weighted by atomic mass is 9.78. The molecule has 1 aliphatic heterocycles. The zero-order valence-electron chi connectivity index (χ0n) is 17.4. The number of nitrogens with zero attached hydrogens (tertiary/aromatic N) is 2. The molecule has 7 nitrogen and oxygen atoms in total. The van der Waals surface area contributed by atoms with Crippen LogP contribution in [0.25, 0.3) is 5.70 Å². The van der Waals surface area contributed by atoms with Gasteiger partial charge in [0.05, 0.1) is 11.4 Å². The molecule has 160 valence electrons.